The fourth-order valence-corrected chi connectivity index (χ4v) is 2.62. The van der Waals surface area contributed by atoms with Gasteiger partial charge in [-0.05, 0) is 11.8 Å². The van der Waals surface area contributed by atoms with Crippen LogP contribution in [0.25, 0.3) is 0 Å². The molecule has 1 atom stereocenters. The highest BCUT2D eigenvalue weighted by Crippen LogP contribution is 2.17. The van der Waals surface area contributed by atoms with Crippen molar-refractivity contribution >= 4 is 8.80 Å². The van der Waals surface area contributed by atoms with Gasteiger partial charge in [0, 0.05) is 8.80 Å². The van der Waals surface area contributed by atoms with Crippen LogP contribution in [0.4, 0.5) is 0 Å². The van der Waals surface area contributed by atoms with Crippen molar-refractivity contribution in [3.8, 4) is 0 Å². The molecular weight excluding hydrogens is 172 g/mol. The highest BCUT2D eigenvalue weighted by molar-refractivity contribution is 6.55. The molecule has 13 heavy (non-hydrogen) atoms. The van der Waals surface area contributed by atoms with Crippen LogP contribution in [-0.4, -0.2) is 8.80 Å². The summed E-state index contributed by atoms with van der Waals surface area (Å²) in [5.41, 5.74) is 0. The molecule has 0 saturated heterocycles. The van der Waals surface area contributed by atoms with Crippen molar-refractivity contribution in [1.82, 2.24) is 0 Å². The normalized spacial score (nSPS) is 14.1. The molecule has 0 heterocycles. The Labute approximate surface area is 86.7 Å². The predicted molar refractivity (Wildman–Crippen MR) is 64.8 cm³/mol. The van der Waals surface area contributed by atoms with E-state index in [1.807, 2.05) is 0 Å². The van der Waals surface area contributed by atoms with Gasteiger partial charge >= 0.3 is 0 Å². The largest absolute Gasteiger partial charge is 0.0713 e. The minimum atomic E-state index is 0.0296. The second-order valence-corrected chi connectivity index (χ2v) is 8.09. The Bertz CT molecular complexity index is 108. The standard InChI is InChI=1S/C12H27Si/c1-11(2)7-6-8-12(3)9-10-13(4)5/h11-12H,6-10H2,1-5H3. The Morgan fingerprint density at radius 3 is 2.00 bits per heavy atom. The van der Waals surface area contributed by atoms with Crippen LogP contribution in [0.5, 0.6) is 0 Å². The second-order valence-electron chi connectivity index (χ2n) is 5.18. The maximum absolute atomic E-state index is 2.42. The fourth-order valence-electron chi connectivity index (χ4n) is 1.55. The number of hydrogen-bond acceptors (Lipinski definition) is 0. The molecule has 1 heteroatoms. The highest BCUT2D eigenvalue weighted by atomic mass is 28.3. The maximum Gasteiger partial charge on any atom is 0.0413 e. The first-order valence-electron chi connectivity index (χ1n) is 5.81. The maximum atomic E-state index is 2.42. The molecule has 0 saturated carbocycles. The van der Waals surface area contributed by atoms with E-state index in [0.717, 1.165) is 11.8 Å². The third-order valence-corrected chi connectivity index (χ3v) is 3.90. The molecule has 0 amide bonds. The Kier molecular flexibility index (Phi) is 7.73. The van der Waals surface area contributed by atoms with Gasteiger partial charge in [-0.3, -0.25) is 0 Å². The summed E-state index contributed by atoms with van der Waals surface area (Å²) in [7, 11) is 0.0296. The number of rotatable bonds is 7. The fraction of sp³-hybridized carbons (Fsp3) is 1.00. The third-order valence-electron chi connectivity index (χ3n) is 2.62. The van der Waals surface area contributed by atoms with Crippen LogP contribution < -0.4 is 0 Å². The molecule has 0 aromatic rings. The number of hydrogen-bond donors (Lipinski definition) is 0. The van der Waals surface area contributed by atoms with E-state index in [9.17, 15) is 0 Å². The van der Waals surface area contributed by atoms with Gasteiger partial charge in [0.1, 0.15) is 0 Å². The average molecular weight is 199 g/mol. The van der Waals surface area contributed by atoms with Crippen LogP contribution in [0, 0.1) is 11.8 Å². The van der Waals surface area contributed by atoms with Crippen molar-refractivity contribution in [1.29, 1.82) is 0 Å². The lowest BCUT2D eigenvalue weighted by molar-refractivity contribution is 0.448. The summed E-state index contributed by atoms with van der Waals surface area (Å²) in [5, 5.41) is 0. The van der Waals surface area contributed by atoms with Gasteiger partial charge in [0.2, 0.25) is 0 Å². The predicted octanol–water partition coefficient (Wildman–Crippen LogP) is 4.59. The topological polar surface area (TPSA) is 0 Å². The van der Waals surface area contributed by atoms with Gasteiger partial charge in [0.05, 0.1) is 0 Å². The van der Waals surface area contributed by atoms with Crippen molar-refractivity contribution in [2.24, 2.45) is 11.8 Å². The van der Waals surface area contributed by atoms with Crippen molar-refractivity contribution in [3.05, 3.63) is 0 Å². The molecule has 0 spiro atoms. The van der Waals surface area contributed by atoms with Crippen LogP contribution in [0.1, 0.15) is 46.5 Å². The van der Waals surface area contributed by atoms with Gasteiger partial charge < -0.3 is 0 Å². The Hall–Kier alpha value is 0.217. The molecule has 1 radical (unpaired) electrons. The lowest BCUT2D eigenvalue weighted by atomic mass is 9.98. The van der Waals surface area contributed by atoms with E-state index in [1.54, 1.807) is 0 Å². The first-order chi connectivity index (χ1) is 6.02. The van der Waals surface area contributed by atoms with E-state index in [4.69, 9.17) is 0 Å². The SMILES string of the molecule is CC(C)CCCC(C)CC[Si](C)C. The zero-order chi connectivity index (χ0) is 10.3. The Morgan fingerprint density at radius 1 is 0.923 bits per heavy atom. The molecule has 0 aliphatic carbocycles. The highest BCUT2D eigenvalue weighted by Gasteiger charge is 2.04. The van der Waals surface area contributed by atoms with E-state index in [2.05, 4.69) is 33.9 Å². The smallest absolute Gasteiger partial charge is 0.0413 e. The van der Waals surface area contributed by atoms with E-state index < -0.39 is 0 Å². The molecule has 0 nitrogen and oxygen atoms in total. The van der Waals surface area contributed by atoms with Gasteiger partial charge in [-0.2, -0.15) is 0 Å². The van der Waals surface area contributed by atoms with Gasteiger partial charge in [-0.1, -0.05) is 65.6 Å². The quantitative estimate of drug-likeness (QED) is 0.526. The van der Waals surface area contributed by atoms with E-state index in [0.29, 0.717) is 0 Å². The van der Waals surface area contributed by atoms with Crippen LogP contribution in [0.15, 0.2) is 0 Å². The van der Waals surface area contributed by atoms with Gasteiger partial charge in [-0.15, -0.1) is 0 Å². The molecule has 79 valence electrons. The van der Waals surface area contributed by atoms with E-state index in [1.165, 1.54) is 31.7 Å². The third kappa shape index (κ3) is 10.1. The van der Waals surface area contributed by atoms with Crippen molar-refractivity contribution in [2.75, 3.05) is 0 Å². The van der Waals surface area contributed by atoms with Crippen LogP contribution in [-0.2, 0) is 0 Å². The molecule has 0 aromatic carbocycles. The minimum Gasteiger partial charge on any atom is -0.0713 e. The summed E-state index contributed by atoms with van der Waals surface area (Å²) in [6, 6.07) is 1.51. The molecule has 0 aromatic heterocycles. The lowest BCUT2D eigenvalue weighted by Crippen LogP contribution is -2.03. The second kappa shape index (κ2) is 7.60. The lowest BCUT2D eigenvalue weighted by Gasteiger charge is -2.12. The molecule has 0 rings (SSSR count). The van der Waals surface area contributed by atoms with Crippen LogP contribution in [0.2, 0.25) is 19.1 Å². The summed E-state index contributed by atoms with van der Waals surface area (Å²) in [6.07, 6.45) is 5.78. The minimum absolute atomic E-state index is 0.0296. The average Bonchev–Trinajstić information content (AvgIpc) is 2.00. The summed E-state index contributed by atoms with van der Waals surface area (Å²) < 4.78 is 0. The van der Waals surface area contributed by atoms with Crippen LogP contribution >= 0.6 is 0 Å². The molecule has 0 aliphatic rings. The Morgan fingerprint density at radius 2 is 1.54 bits per heavy atom. The monoisotopic (exact) mass is 199 g/mol. The van der Waals surface area contributed by atoms with Crippen LogP contribution in [0.3, 0.4) is 0 Å². The summed E-state index contributed by atoms with van der Waals surface area (Å²) in [5.74, 6) is 1.86. The zero-order valence-corrected chi connectivity index (χ0v) is 11.2. The molecule has 0 aliphatic heterocycles. The first kappa shape index (κ1) is 13.2. The molecular formula is C12H27Si. The van der Waals surface area contributed by atoms with Gasteiger partial charge in [0.15, 0.2) is 0 Å². The van der Waals surface area contributed by atoms with Gasteiger partial charge in [-0.25, -0.2) is 0 Å². The van der Waals surface area contributed by atoms with Gasteiger partial charge in [0.25, 0.3) is 0 Å². The molecule has 1 unspecified atom stereocenters. The van der Waals surface area contributed by atoms with E-state index >= 15 is 0 Å². The molecule has 0 N–H and O–H groups in total. The molecule has 0 bridgehead atoms. The summed E-state index contributed by atoms with van der Waals surface area (Å²) in [6.45, 7) is 11.9. The Balaban J connectivity index is 3.25. The first-order valence-corrected chi connectivity index (χ1v) is 8.52. The van der Waals surface area contributed by atoms with Crippen molar-refractivity contribution < 1.29 is 0 Å². The van der Waals surface area contributed by atoms with Crippen molar-refractivity contribution in [3.63, 3.8) is 0 Å². The van der Waals surface area contributed by atoms with Crippen molar-refractivity contribution in [2.45, 2.75) is 65.6 Å². The zero-order valence-electron chi connectivity index (χ0n) is 10.2. The summed E-state index contributed by atoms with van der Waals surface area (Å²) >= 11 is 0. The summed E-state index contributed by atoms with van der Waals surface area (Å²) in [4.78, 5) is 0. The molecule has 0 fully saturated rings. The van der Waals surface area contributed by atoms with E-state index in [-0.39, 0.29) is 8.80 Å².